The van der Waals surface area contributed by atoms with Gasteiger partial charge in [0.1, 0.15) is 17.5 Å². The maximum atomic E-state index is 6.04. The third-order valence-electron chi connectivity index (χ3n) is 3.12. The third-order valence-corrected chi connectivity index (χ3v) is 3.31. The highest BCUT2D eigenvalue weighted by Crippen LogP contribution is 2.33. The lowest BCUT2D eigenvalue weighted by molar-refractivity contribution is 0.306. The SMILES string of the molecule is Cc1nc(-c2c(OCc3ccccc3)cc(Cl)nc2C)no1. The lowest BCUT2D eigenvalue weighted by atomic mass is 10.1. The number of benzene rings is 1. The number of hydrogen-bond acceptors (Lipinski definition) is 5. The zero-order valence-corrected chi connectivity index (χ0v) is 13.0. The van der Waals surface area contributed by atoms with Gasteiger partial charge in [-0.25, -0.2) is 4.98 Å². The van der Waals surface area contributed by atoms with Crippen molar-refractivity contribution in [3.8, 4) is 17.1 Å². The van der Waals surface area contributed by atoms with Gasteiger partial charge in [-0.05, 0) is 12.5 Å². The largest absolute Gasteiger partial charge is 0.488 e. The minimum absolute atomic E-state index is 0.365. The quantitative estimate of drug-likeness (QED) is 0.681. The first-order chi connectivity index (χ1) is 10.6. The van der Waals surface area contributed by atoms with E-state index in [2.05, 4.69) is 15.1 Å². The molecular weight excluding hydrogens is 302 g/mol. The molecule has 3 rings (SSSR count). The Morgan fingerprint density at radius 3 is 2.59 bits per heavy atom. The molecular formula is C16H14ClN3O2. The topological polar surface area (TPSA) is 61.0 Å². The van der Waals surface area contributed by atoms with E-state index in [-0.39, 0.29) is 0 Å². The van der Waals surface area contributed by atoms with E-state index < -0.39 is 0 Å². The summed E-state index contributed by atoms with van der Waals surface area (Å²) in [7, 11) is 0. The van der Waals surface area contributed by atoms with Crippen LogP contribution in [0.5, 0.6) is 5.75 Å². The molecule has 1 aromatic carbocycles. The van der Waals surface area contributed by atoms with Crippen molar-refractivity contribution in [3.05, 3.63) is 58.7 Å². The maximum absolute atomic E-state index is 6.04. The van der Waals surface area contributed by atoms with E-state index in [0.717, 1.165) is 5.56 Å². The van der Waals surface area contributed by atoms with Gasteiger partial charge < -0.3 is 9.26 Å². The molecule has 0 saturated carbocycles. The second-order valence-electron chi connectivity index (χ2n) is 4.81. The van der Waals surface area contributed by atoms with Crippen LogP contribution < -0.4 is 4.74 Å². The lowest BCUT2D eigenvalue weighted by Crippen LogP contribution is -2.00. The average Bonchev–Trinajstić information content (AvgIpc) is 2.91. The van der Waals surface area contributed by atoms with Crippen LogP contribution in [0.4, 0.5) is 0 Å². The molecule has 3 aromatic rings. The Balaban J connectivity index is 1.95. The number of rotatable bonds is 4. The zero-order chi connectivity index (χ0) is 15.5. The van der Waals surface area contributed by atoms with E-state index in [1.54, 1.807) is 13.0 Å². The fourth-order valence-corrected chi connectivity index (χ4v) is 2.35. The van der Waals surface area contributed by atoms with Gasteiger partial charge in [-0.3, -0.25) is 0 Å². The first-order valence-electron chi connectivity index (χ1n) is 6.78. The summed E-state index contributed by atoms with van der Waals surface area (Å²) in [5, 5.41) is 4.31. The number of halogens is 1. The molecule has 0 atom stereocenters. The van der Waals surface area contributed by atoms with Crippen molar-refractivity contribution in [1.29, 1.82) is 0 Å². The molecule has 0 aliphatic rings. The van der Waals surface area contributed by atoms with Crippen molar-refractivity contribution >= 4 is 11.6 Å². The van der Waals surface area contributed by atoms with Gasteiger partial charge in [-0.2, -0.15) is 4.98 Å². The van der Waals surface area contributed by atoms with Crippen LogP contribution >= 0.6 is 11.6 Å². The molecule has 0 aliphatic carbocycles. The first kappa shape index (κ1) is 14.5. The van der Waals surface area contributed by atoms with E-state index in [0.29, 0.717) is 40.5 Å². The molecule has 0 bridgehead atoms. The molecule has 6 heteroatoms. The summed E-state index contributed by atoms with van der Waals surface area (Å²) in [5.41, 5.74) is 2.44. The predicted octanol–water partition coefficient (Wildman–Crippen LogP) is 3.98. The number of ether oxygens (including phenoxy) is 1. The lowest BCUT2D eigenvalue weighted by Gasteiger charge is -2.11. The molecule has 0 unspecified atom stereocenters. The van der Waals surface area contributed by atoms with Gasteiger partial charge in [-0.15, -0.1) is 0 Å². The predicted molar refractivity (Wildman–Crippen MR) is 82.8 cm³/mol. The molecule has 0 N–H and O–H groups in total. The van der Waals surface area contributed by atoms with Gasteiger partial charge in [0.25, 0.3) is 0 Å². The molecule has 0 spiro atoms. The van der Waals surface area contributed by atoms with Crippen molar-refractivity contribution in [3.63, 3.8) is 0 Å². The highest BCUT2D eigenvalue weighted by molar-refractivity contribution is 6.29. The Morgan fingerprint density at radius 1 is 1.14 bits per heavy atom. The van der Waals surface area contributed by atoms with Crippen molar-refractivity contribution in [2.45, 2.75) is 20.5 Å². The van der Waals surface area contributed by atoms with Crippen molar-refractivity contribution in [2.75, 3.05) is 0 Å². The summed E-state index contributed by atoms with van der Waals surface area (Å²) in [6, 6.07) is 11.5. The second kappa shape index (κ2) is 6.15. The number of hydrogen-bond donors (Lipinski definition) is 0. The highest BCUT2D eigenvalue weighted by atomic mass is 35.5. The van der Waals surface area contributed by atoms with Gasteiger partial charge in [0.2, 0.25) is 11.7 Å². The summed E-state index contributed by atoms with van der Waals surface area (Å²) >= 11 is 6.04. The van der Waals surface area contributed by atoms with E-state index in [9.17, 15) is 0 Å². The van der Waals surface area contributed by atoms with Crippen molar-refractivity contribution in [2.24, 2.45) is 0 Å². The summed E-state index contributed by atoms with van der Waals surface area (Å²) in [6.07, 6.45) is 0. The molecule has 0 aliphatic heterocycles. The molecule has 0 radical (unpaired) electrons. The number of aryl methyl sites for hydroxylation is 2. The molecule has 22 heavy (non-hydrogen) atoms. The summed E-state index contributed by atoms with van der Waals surface area (Å²) in [4.78, 5) is 8.48. The molecule has 0 amide bonds. The molecule has 112 valence electrons. The van der Waals surface area contributed by atoms with Gasteiger partial charge in [-0.1, -0.05) is 47.1 Å². The van der Waals surface area contributed by atoms with Crippen LogP contribution in [0.1, 0.15) is 17.1 Å². The number of aromatic nitrogens is 3. The van der Waals surface area contributed by atoms with E-state index in [1.165, 1.54) is 0 Å². The molecule has 2 heterocycles. The van der Waals surface area contributed by atoms with Gasteiger partial charge >= 0.3 is 0 Å². The molecule has 2 aromatic heterocycles. The summed E-state index contributed by atoms with van der Waals surface area (Å²) in [5.74, 6) is 1.52. The Morgan fingerprint density at radius 2 is 1.91 bits per heavy atom. The summed E-state index contributed by atoms with van der Waals surface area (Å²) < 4.78 is 10.9. The Hall–Kier alpha value is -2.40. The standard InChI is InChI=1S/C16H14ClN3O2/c1-10-15(16-19-11(2)22-20-16)13(8-14(17)18-10)21-9-12-6-4-3-5-7-12/h3-8H,9H2,1-2H3. The summed E-state index contributed by atoms with van der Waals surface area (Å²) in [6.45, 7) is 3.99. The van der Waals surface area contributed by atoms with Gasteiger partial charge in [0.15, 0.2) is 0 Å². The van der Waals surface area contributed by atoms with Crippen LogP contribution in [0.3, 0.4) is 0 Å². The number of nitrogens with zero attached hydrogens (tertiary/aromatic N) is 3. The van der Waals surface area contributed by atoms with Crippen LogP contribution in [0.25, 0.3) is 11.4 Å². The minimum atomic E-state index is 0.365. The third kappa shape index (κ3) is 3.09. The van der Waals surface area contributed by atoms with Crippen molar-refractivity contribution < 1.29 is 9.26 Å². The fraction of sp³-hybridized carbons (Fsp3) is 0.188. The molecule has 0 saturated heterocycles. The fourth-order valence-electron chi connectivity index (χ4n) is 2.13. The first-order valence-corrected chi connectivity index (χ1v) is 7.16. The van der Waals surface area contributed by atoms with Crippen LogP contribution in [0.15, 0.2) is 40.9 Å². The smallest absolute Gasteiger partial charge is 0.223 e. The average molecular weight is 316 g/mol. The Kier molecular flexibility index (Phi) is 4.06. The van der Waals surface area contributed by atoms with Gasteiger partial charge in [0.05, 0.1) is 11.3 Å². The number of pyridine rings is 1. The van der Waals surface area contributed by atoms with E-state index in [1.807, 2.05) is 37.3 Å². The van der Waals surface area contributed by atoms with Crippen LogP contribution in [0, 0.1) is 13.8 Å². The minimum Gasteiger partial charge on any atom is -0.488 e. The Bertz CT molecular complexity index is 787. The van der Waals surface area contributed by atoms with Gasteiger partial charge in [0, 0.05) is 13.0 Å². The normalized spacial score (nSPS) is 10.7. The van der Waals surface area contributed by atoms with Crippen molar-refractivity contribution in [1.82, 2.24) is 15.1 Å². The maximum Gasteiger partial charge on any atom is 0.223 e. The van der Waals surface area contributed by atoms with Crippen LogP contribution in [0.2, 0.25) is 5.15 Å². The molecule has 5 nitrogen and oxygen atoms in total. The monoisotopic (exact) mass is 315 g/mol. The van der Waals surface area contributed by atoms with E-state index >= 15 is 0 Å². The Labute approximate surface area is 132 Å². The molecule has 0 fully saturated rings. The zero-order valence-electron chi connectivity index (χ0n) is 12.2. The second-order valence-corrected chi connectivity index (χ2v) is 5.20. The van der Waals surface area contributed by atoms with E-state index in [4.69, 9.17) is 20.9 Å². The van der Waals surface area contributed by atoms with Crippen LogP contribution in [-0.4, -0.2) is 15.1 Å². The van der Waals surface area contributed by atoms with Crippen LogP contribution in [-0.2, 0) is 6.61 Å². The highest BCUT2D eigenvalue weighted by Gasteiger charge is 2.17.